The second-order valence-electron chi connectivity index (χ2n) is 6.11. The summed E-state index contributed by atoms with van der Waals surface area (Å²) in [6, 6.07) is 11.2. The topological polar surface area (TPSA) is 67.8 Å². The van der Waals surface area contributed by atoms with Gasteiger partial charge in [-0.3, -0.25) is 4.79 Å². The summed E-state index contributed by atoms with van der Waals surface area (Å²) in [4.78, 5) is 24.1. The number of hydrazone groups is 1. The van der Waals surface area contributed by atoms with Crippen molar-refractivity contribution in [1.29, 1.82) is 0 Å². The van der Waals surface area contributed by atoms with Crippen LogP contribution in [0.4, 0.5) is 4.79 Å². The van der Waals surface area contributed by atoms with Crippen LogP contribution in [-0.2, 0) is 4.74 Å². The summed E-state index contributed by atoms with van der Waals surface area (Å²) in [5.74, 6) is -0.192. The van der Waals surface area contributed by atoms with Crippen molar-refractivity contribution in [2.75, 3.05) is 0 Å². The van der Waals surface area contributed by atoms with Crippen LogP contribution in [0.3, 0.4) is 0 Å². The van der Waals surface area contributed by atoms with E-state index < -0.39 is 11.7 Å². The molecule has 5 nitrogen and oxygen atoms in total. The first kappa shape index (κ1) is 14.3. The van der Waals surface area contributed by atoms with Crippen LogP contribution < -0.4 is 5.43 Å². The maximum atomic E-state index is 12.5. The third kappa shape index (κ3) is 2.45. The minimum Gasteiger partial charge on any atom is -0.443 e. The van der Waals surface area contributed by atoms with Crippen molar-refractivity contribution in [3.8, 4) is 0 Å². The molecule has 0 heterocycles. The van der Waals surface area contributed by atoms with E-state index in [1.165, 1.54) is 0 Å². The fraction of sp³-hybridized carbons (Fsp3) is 0.235. The SMILES string of the molecule is CC(C)(C)OC(=O)N/N=C1\C(=O)c2cccc3cccc1c23. The molecule has 2 aromatic rings. The molecule has 0 spiro atoms. The number of rotatable bonds is 1. The quantitative estimate of drug-likeness (QED) is 0.821. The summed E-state index contributed by atoms with van der Waals surface area (Å²) in [5, 5.41) is 5.82. The Bertz CT molecular complexity index is 811. The molecule has 22 heavy (non-hydrogen) atoms. The van der Waals surface area contributed by atoms with Crippen molar-refractivity contribution in [1.82, 2.24) is 5.43 Å². The molecule has 0 saturated carbocycles. The lowest BCUT2D eigenvalue weighted by Crippen LogP contribution is -2.31. The molecule has 112 valence electrons. The van der Waals surface area contributed by atoms with Crippen LogP contribution >= 0.6 is 0 Å². The number of Topliss-reactive ketones (excluding diaryl/α,β-unsaturated/α-hetero) is 1. The van der Waals surface area contributed by atoms with Crippen LogP contribution in [0.15, 0.2) is 41.5 Å². The molecule has 0 aromatic heterocycles. The van der Waals surface area contributed by atoms with Crippen LogP contribution in [0.2, 0.25) is 0 Å². The Labute approximate surface area is 128 Å². The van der Waals surface area contributed by atoms with E-state index in [0.717, 1.165) is 16.3 Å². The van der Waals surface area contributed by atoms with Crippen molar-refractivity contribution in [3.05, 3.63) is 47.5 Å². The van der Waals surface area contributed by atoms with Crippen LogP contribution in [0.1, 0.15) is 36.7 Å². The van der Waals surface area contributed by atoms with E-state index >= 15 is 0 Å². The average Bonchev–Trinajstić information content (AvgIpc) is 2.71. The number of benzene rings is 2. The van der Waals surface area contributed by atoms with Gasteiger partial charge in [-0.25, -0.2) is 10.2 Å². The van der Waals surface area contributed by atoms with E-state index in [2.05, 4.69) is 10.5 Å². The molecule has 2 aromatic carbocycles. The van der Waals surface area contributed by atoms with Gasteiger partial charge >= 0.3 is 6.09 Å². The summed E-state index contributed by atoms with van der Waals surface area (Å²) in [6.07, 6.45) is -0.684. The first-order valence-electron chi connectivity index (χ1n) is 7.00. The second kappa shape index (κ2) is 4.94. The number of ether oxygens (including phenoxy) is 1. The van der Waals surface area contributed by atoms with Gasteiger partial charge in [0.2, 0.25) is 5.78 Å². The van der Waals surface area contributed by atoms with Crippen molar-refractivity contribution in [2.24, 2.45) is 5.10 Å². The van der Waals surface area contributed by atoms with Crippen LogP contribution in [-0.4, -0.2) is 23.2 Å². The standard InChI is InChI=1S/C17H16N2O3/c1-17(2,3)22-16(21)19-18-14-11-8-4-6-10-7-5-9-12(13(10)11)15(14)20/h4-9H,1-3H3,(H,19,21)/b18-14-. The molecule has 0 saturated heterocycles. The molecule has 0 bridgehead atoms. The number of amides is 1. The highest BCUT2D eigenvalue weighted by atomic mass is 16.6. The molecule has 0 fully saturated rings. The van der Waals surface area contributed by atoms with Crippen LogP contribution in [0, 0.1) is 0 Å². The summed E-state index contributed by atoms with van der Waals surface area (Å²) < 4.78 is 5.11. The summed E-state index contributed by atoms with van der Waals surface area (Å²) in [5.41, 5.74) is 3.25. The molecule has 0 unspecified atom stereocenters. The minimum absolute atomic E-state index is 0.192. The Morgan fingerprint density at radius 1 is 1.09 bits per heavy atom. The molecule has 1 aliphatic carbocycles. The highest BCUT2D eigenvalue weighted by Crippen LogP contribution is 2.30. The third-order valence-electron chi connectivity index (χ3n) is 3.28. The largest absolute Gasteiger partial charge is 0.443 e. The number of nitrogens with one attached hydrogen (secondary N) is 1. The number of hydrogen-bond donors (Lipinski definition) is 1. The number of ketones is 1. The molecule has 1 amide bonds. The van der Waals surface area contributed by atoms with Crippen molar-refractivity contribution in [3.63, 3.8) is 0 Å². The van der Waals surface area contributed by atoms with E-state index in [4.69, 9.17) is 4.74 Å². The van der Waals surface area contributed by atoms with E-state index in [0.29, 0.717) is 5.56 Å². The highest BCUT2D eigenvalue weighted by molar-refractivity contribution is 6.59. The molecule has 0 radical (unpaired) electrons. The van der Waals surface area contributed by atoms with E-state index in [1.54, 1.807) is 26.8 Å². The van der Waals surface area contributed by atoms with Gasteiger partial charge in [-0.2, -0.15) is 5.10 Å². The number of carbonyl (C=O) groups is 2. The lowest BCUT2D eigenvalue weighted by molar-refractivity contribution is 0.0529. The summed E-state index contributed by atoms with van der Waals surface area (Å²) in [6.45, 7) is 5.28. The maximum Gasteiger partial charge on any atom is 0.428 e. The predicted octanol–water partition coefficient (Wildman–Crippen LogP) is 3.26. The van der Waals surface area contributed by atoms with E-state index in [9.17, 15) is 9.59 Å². The molecule has 1 aliphatic rings. The molecule has 5 heteroatoms. The van der Waals surface area contributed by atoms with Gasteiger partial charge in [-0.1, -0.05) is 36.4 Å². The van der Waals surface area contributed by atoms with Gasteiger partial charge in [0.15, 0.2) is 0 Å². The van der Waals surface area contributed by atoms with Gasteiger partial charge in [0.05, 0.1) is 0 Å². The average molecular weight is 296 g/mol. The summed E-state index contributed by atoms with van der Waals surface area (Å²) in [7, 11) is 0. The third-order valence-corrected chi connectivity index (χ3v) is 3.28. The lowest BCUT2D eigenvalue weighted by atomic mass is 10.1. The maximum absolute atomic E-state index is 12.5. The Balaban J connectivity index is 1.94. The van der Waals surface area contributed by atoms with Gasteiger partial charge < -0.3 is 4.74 Å². The van der Waals surface area contributed by atoms with Gasteiger partial charge in [-0.15, -0.1) is 0 Å². The number of carbonyl (C=O) groups excluding carboxylic acids is 2. The molecule has 3 rings (SSSR count). The lowest BCUT2D eigenvalue weighted by Gasteiger charge is -2.18. The zero-order valence-corrected chi connectivity index (χ0v) is 12.6. The normalized spacial score (nSPS) is 15.4. The molecular formula is C17H16N2O3. The Morgan fingerprint density at radius 3 is 2.36 bits per heavy atom. The highest BCUT2D eigenvalue weighted by Gasteiger charge is 2.29. The second-order valence-corrected chi connectivity index (χ2v) is 6.11. The molecule has 0 atom stereocenters. The number of nitrogens with zero attached hydrogens (tertiary/aromatic N) is 1. The number of hydrogen-bond acceptors (Lipinski definition) is 4. The van der Waals surface area contributed by atoms with Crippen molar-refractivity contribution in [2.45, 2.75) is 26.4 Å². The van der Waals surface area contributed by atoms with Crippen molar-refractivity contribution < 1.29 is 14.3 Å². The molecule has 0 aliphatic heterocycles. The first-order valence-corrected chi connectivity index (χ1v) is 7.00. The Morgan fingerprint density at radius 2 is 1.73 bits per heavy atom. The smallest absolute Gasteiger partial charge is 0.428 e. The summed E-state index contributed by atoms with van der Waals surface area (Å²) >= 11 is 0. The monoisotopic (exact) mass is 296 g/mol. The van der Waals surface area contributed by atoms with E-state index in [1.807, 2.05) is 30.3 Å². The van der Waals surface area contributed by atoms with Crippen LogP contribution in [0.5, 0.6) is 0 Å². The molecular weight excluding hydrogens is 280 g/mol. The molecule has 1 N–H and O–H groups in total. The zero-order valence-electron chi connectivity index (χ0n) is 12.6. The minimum atomic E-state index is -0.684. The Hall–Kier alpha value is -2.69. The Kier molecular flexibility index (Phi) is 3.20. The van der Waals surface area contributed by atoms with Gasteiger partial charge in [-0.05, 0) is 26.2 Å². The van der Waals surface area contributed by atoms with Gasteiger partial charge in [0.1, 0.15) is 11.3 Å². The van der Waals surface area contributed by atoms with Gasteiger partial charge in [0.25, 0.3) is 0 Å². The zero-order chi connectivity index (χ0) is 15.9. The fourth-order valence-corrected chi connectivity index (χ4v) is 2.49. The van der Waals surface area contributed by atoms with Crippen molar-refractivity contribution >= 4 is 28.4 Å². The van der Waals surface area contributed by atoms with Gasteiger partial charge in [0, 0.05) is 16.5 Å². The first-order chi connectivity index (χ1) is 10.4. The predicted molar refractivity (Wildman–Crippen MR) is 84.2 cm³/mol. The van der Waals surface area contributed by atoms with Crippen LogP contribution in [0.25, 0.3) is 10.8 Å². The van der Waals surface area contributed by atoms with E-state index in [-0.39, 0.29) is 11.5 Å². The fourth-order valence-electron chi connectivity index (χ4n) is 2.49.